The first-order chi connectivity index (χ1) is 11.4. The second kappa shape index (κ2) is 6.84. The van der Waals surface area contributed by atoms with Crippen LogP contribution in [0.25, 0.3) is 0 Å². The van der Waals surface area contributed by atoms with Crippen molar-refractivity contribution in [1.82, 2.24) is 9.97 Å². The molecular formula is C16H20N4O3S. The summed E-state index contributed by atoms with van der Waals surface area (Å²) in [7, 11) is -3.65. The highest BCUT2D eigenvalue weighted by atomic mass is 32.2. The Morgan fingerprint density at radius 1 is 1.21 bits per heavy atom. The molecule has 1 aliphatic rings. The number of aromatic nitrogens is 2. The summed E-state index contributed by atoms with van der Waals surface area (Å²) in [6.07, 6.45) is 3.57. The van der Waals surface area contributed by atoms with E-state index in [4.69, 9.17) is 5.14 Å². The van der Waals surface area contributed by atoms with Crippen LogP contribution in [-0.2, 0) is 16.4 Å². The molecule has 1 aliphatic carbocycles. The number of hydrogen-bond acceptors (Lipinski definition) is 6. The van der Waals surface area contributed by atoms with Crippen molar-refractivity contribution in [2.75, 3.05) is 11.9 Å². The van der Waals surface area contributed by atoms with Crippen molar-refractivity contribution in [1.29, 1.82) is 0 Å². The third-order valence-corrected chi connectivity index (χ3v) is 5.12. The SMILES string of the molecule is NS(=O)(=O)c1ccc(CCNc2cc(C3CC(O)C3)ncn2)cc1. The quantitative estimate of drug-likeness (QED) is 0.717. The fraction of sp³-hybridized carbons (Fsp3) is 0.375. The molecule has 24 heavy (non-hydrogen) atoms. The molecule has 8 heteroatoms. The number of rotatable bonds is 6. The number of aliphatic hydroxyl groups excluding tert-OH is 1. The minimum Gasteiger partial charge on any atom is -0.393 e. The van der Waals surface area contributed by atoms with Gasteiger partial charge in [-0.05, 0) is 37.0 Å². The van der Waals surface area contributed by atoms with E-state index >= 15 is 0 Å². The molecule has 1 saturated carbocycles. The maximum atomic E-state index is 11.2. The number of hydrogen-bond donors (Lipinski definition) is 3. The number of nitrogens with zero attached hydrogens (tertiary/aromatic N) is 2. The van der Waals surface area contributed by atoms with E-state index in [2.05, 4.69) is 15.3 Å². The maximum absolute atomic E-state index is 11.2. The Morgan fingerprint density at radius 2 is 1.92 bits per heavy atom. The molecule has 1 fully saturated rings. The second-order valence-corrected chi connectivity index (χ2v) is 7.58. The highest BCUT2D eigenvalue weighted by molar-refractivity contribution is 7.89. The van der Waals surface area contributed by atoms with Gasteiger partial charge in [-0.25, -0.2) is 23.5 Å². The lowest BCUT2D eigenvalue weighted by Gasteiger charge is -2.30. The molecule has 1 aromatic carbocycles. The fourth-order valence-corrected chi connectivity index (χ4v) is 3.22. The predicted molar refractivity (Wildman–Crippen MR) is 90.0 cm³/mol. The first-order valence-corrected chi connectivity index (χ1v) is 9.32. The normalized spacial score (nSPS) is 20.4. The van der Waals surface area contributed by atoms with Gasteiger partial charge >= 0.3 is 0 Å². The lowest BCUT2D eigenvalue weighted by Crippen LogP contribution is -2.27. The van der Waals surface area contributed by atoms with Gasteiger partial charge < -0.3 is 10.4 Å². The van der Waals surface area contributed by atoms with Gasteiger partial charge in [0.25, 0.3) is 0 Å². The van der Waals surface area contributed by atoms with E-state index in [1.165, 1.54) is 18.5 Å². The van der Waals surface area contributed by atoms with E-state index in [1.54, 1.807) is 12.1 Å². The van der Waals surface area contributed by atoms with Gasteiger partial charge in [-0.2, -0.15) is 0 Å². The molecule has 7 nitrogen and oxygen atoms in total. The summed E-state index contributed by atoms with van der Waals surface area (Å²) in [4.78, 5) is 8.57. The molecule has 0 bridgehead atoms. The number of benzene rings is 1. The molecule has 128 valence electrons. The molecule has 1 heterocycles. The lowest BCUT2D eigenvalue weighted by atomic mass is 9.80. The number of sulfonamides is 1. The number of anilines is 1. The summed E-state index contributed by atoms with van der Waals surface area (Å²) in [6.45, 7) is 0.665. The second-order valence-electron chi connectivity index (χ2n) is 6.02. The Balaban J connectivity index is 1.54. The first kappa shape index (κ1) is 16.8. The topological polar surface area (TPSA) is 118 Å². The van der Waals surface area contributed by atoms with E-state index in [-0.39, 0.29) is 11.0 Å². The largest absolute Gasteiger partial charge is 0.393 e. The highest BCUT2D eigenvalue weighted by Gasteiger charge is 2.29. The van der Waals surface area contributed by atoms with Crippen LogP contribution < -0.4 is 10.5 Å². The molecule has 4 N–H and O–H groups in total. The van der Waals surface area contributed by atoms with E-state index in [0.717, 1.165) is 36.3 Å². The molecule has 0 spiro atoms. The Morgan fingerprint density at radius 3 is 2.54 bits per heavy atom. The number of nitrogens with one attached hydrogen (secondary N) is 1. The Bertz CT molecular complexity index is 802. The lowest BCUT2D eigenvalue weighted by molar-refractivity contribution is 0.0732. The molecule has 0 amide bonds. The molecule has 2 aromatic rings. The Hall–Kier alpha value is -2.03. The van der Waals surface area contributed by atoms with Gasteiger partial charge in [-0.3, -0.25) is 0 Å². The molecular weight excluding hydrogens is 328 g/mol. The van der Waals surface area contributed by atoms with Crippen LogP contribution in [0.3, 0.4) is 0 Å². The van der Waals surface area contributed by atoms with Crippen LogP contribution in [0.15, 0.2) is 41.6 Å². The summed E-state index contributed by atoms with van der Waals surface area (Å²) < 4.78 is 22.4. The smallest absolute Gasteiger partial charge is 0.238 e. The number of nitrogens with two attached hydrogens (primary N) is 1. The van der Waals surface area contributed by atoms with Crippen LogP contribution in [0.5, 0.6) is 0 Å². The standard InChI is InChI=1S/C16H20N4O3S/c17-24(22,23)14-3-1-11(2-4-14)5-6-18-16-9-15(19-10-20-16)12-7-13(21)8-12/h1-4,9-10,12-13,21H,5-8H2,(H2,17,22,23)(H,18,19,20). The van der Waals surface area contributed by atoms with Crippen LogP contribution in [0.1, 0.15) is 30.0 Å². The van der Waals surface area contributed by atoms with Crippen LogP contribution in [0, 0.1) is 0 Å². The first-order valence-electron chi connectivity index (χ1n) is 7.77. The number of aliphatic hydroxyl groups is 1. The van der Waals surface area contributed by atoms with E-state index in [0.29, 0.717) is 12.5 Å². The summed E-state index contributed by atoms with van der Waals surface area (Å²) in [5.41, 5.74) is 1.96. The molecule has 3 rings (SSSR count). The van der Waals surface area contributed by atoms with Crippen molar-refractivity contribution >= 4 is 15.8 Å². The molecule has 0 saturated heterocycles. The van der Waals surface area contributed by atoms with Gasteiger partial charge in [0.1, 0.15) is 12.1 Å². The van der Waals surface area contributed by atoms with Gasteiger partial charge in [0, 0.05) is 24.2 Å². The van der Waals surface area contributed by atoms with Crippen LogP contribution in [0.2, 0.25) is 0 Å². The maximum Gasteiger partial charge on any atom is 0.238 e. The Kier molecular flexibility index (Phi) is 4.79. The minimum absolute atomic E-state index is 0.113. The van der Waals surface area contributed by atoms with Crippen LogP contribution >= 0.6 is 0 Å². The van der Waals surface area contributed by atoms with Crippen molar-refractivity contribution < 1.29 is 13.5 Å². The summed E-state index contributed by atoms with van der Waals surface area (Å²) >= 11 is 0. The molecule has 0 atom stereocenters. The molecule has 0 unspecified atom stereocenters. The van der Waals surface area contributed by atoms with Crippen molar-refractivity contribution in [2.24, 2.45) is 5.14 Å². The zero-order valence-electron chi connectivity index (χ0n) is 13.1. The minimum atomic E-state index is -3.65. The predicted octanol–water partition coefficient (Wildman–Crippen LogP) is 1.02. The van der Waals surface area contributed by atoms with Crippen molar-refractivity contribution in [3.05, 3.63) is 47.9 Å². The molecule has 1 aromatic heterocycles. The number of primary sulfonamides is 1. The summed E-state index contributed by atoms with van der Waals surface area (Å²) in [5.74, 6) is 1.07. The third kappa shape index (κ3) is 4.08. The van der Waals surface area contributed by atoms with Crippen LogP contribution in [0.4, 0.5) is 5.82 Å². The van der Waals surface area contributed by atoms with Gasteiger partial charge in [-0.15, -0.1) is 0 Å². The molecule has 0 radical (unpaired) electrons. The van der Waals surface area contributed by atoms with Crippen molar-refractivity contribution in [2.45, 2.75) is 36.2 Å². The van der Waals surface area contributed by atoms with Gasteiger partial charge in [-0.1, -0.05) is 12.1 Å². The average Bonchev–Trinajstić information content (AvgIpc) is 2.52. The fourth-order valence-electron chi connectivity index (χ4n) is 2.70. The zero-order valence-corrected chi connectivity index (χ0v) is 13.9. The van der Waals surface area contributed by atoms with Gasteiger partial charge in [0.05, 0.1) is 11.0 Å². The van der Waals surface area contributed by atoms with Gasteiger partial charge in [0.15, 0.2) is 0 Å². The van der Waals surface area contributed by atoms with Crippen LogP contribution in [-0.4, -0.2) is 36.1 Å². The summed E-state index contributed by atoms with van der Waals surface area (Å²) in [6, 6.07) is 8.44. The van der Waals surface area contributed by atoms with Crippen molar-refractivity contribution in [3.8, 4) is 0 Å². The zero-order chi connectivity index (χ0) is 17.2. The van der Waals surface area contributed by atoms with E-state index < -0.39 is 10.0 Å². The van der Waals surface area contributed by atoms with Crippen molar-refractivity contribution in [3.63, 3.8) is 0 Å². The van der Waals surface area contributed by atoms with Gasteiger partial charge in [0.2, 0.25) is 10.0 Å². The summed E-state index contributed by atoms with van der Waals surface area (Å²) in [5, 5.41) is 17.7. The highest BCUT2D eigenvalue weighted by Crippen LogP contribution is 2.35. The monoisotopic (exact) mass is 348 g/mol. The van der Waals surface area contributed by atoms with E-state index in [1.807, 2.05) is 6.07 Å². The van der Waals surface area contributed by atoms with E-state index in [9.17, 15) is 13.5 Å². The Labute approximate surface area is 141 Å². The average molecular weight is 348 g/mol. The third-order valence-electron chi connectivity index (χ3n) is 4.19. The molecule has 0 aliphatic heterocycles.